The molecule has 6 nitrogen and oxygen atoms in total. The third-order valence-electron chi connectivity index (χ3n) is 2.19. The highest BCUT2D eigenvalue weighted by atomic mass is 35.5. The number of halogens is 2. The maximum absolute atomic E-state index is 13.5. The predicted molar refractivity (Wildman–Crippen MR) is 75.2 cm³/mol. The second-order valence-corrected chi connectivity index (χ2v) is 5.97. The lowest BCUT2D eigenvalue weighted by molar-refractivity contribution is 0.607. The number of anilines is 3. The lowest BCUT2D eigenvalue weighted by atomic mass is 10.2. The minimum absolute atomic E-state index is 0.123. The molecule has 0 spiro atoms. The maximum Gasteiger partial charge on any atom is 0.229 e. The van der Waals surface area contributed by atoms with E-state index >= 15 is 0 Å². The zero-order chi connectivity index (χ0) is 14.8. The van der Waals surface area contributed by atoms with Crippen molar-refractivity contribution in [2.75, 3.05) is 16.3 Å². The van der Waals surface area contributed by atoms with Crippen molar-refractivity contribution < 1.29 is 12.8 Å². The van der Waals surface area contributed by atoms with Gasteiger partial charge in [0.2, 0.25) is 15.3 Å². The van der Waals surface area contributed by atoms with Crippen LogP contribution in [0.15, 0.2) is 30.5 Å². The zero-order valence-electron chi connectivity index (χ0n) is 10.3. The topological polar surface area (TPSA) is 84.0 Å². The van der Waals surface area contributed by atoms with Gasteiger partial charge in [0.15, 0.2) is 11.6 Å². The molecule has 0 aliphatic rings. The van der Waals surface area contributed by atoms with Crippen molar-refractivity contribution in [3.05, 3.63) is 41.6 Å². The molecule has 2 N–H and O–H groups in total. The van der Waals surface area contributed by atoms with Crippen LogP contribution in [0.5, 0.6) is 0 Å². The molecule has 0 fully saturated rings. The number of nitrogens with one attached hydrogen (secondary N) is 2. The van der Waals surface area contributed by atoms with Crippen LogP contribution in [0.1, 0.15) is 0 Å². The fourth-order valence-corrected chi connectivity index (χ4v) is 2.15. The van der Waals surface area contributed by atoms with E-state index in [2.05, 4.69) is 20.0 Å². The first kappa shape index (κ1) is 14.5. The summed E-state index contributed by atoms with van der Waals surface area (Å²) in [4.78, 5) is 7.19. The van der Waals surface area contributed by atoms with Crippen LogP contribution < -0.4 is 10.0 Å². The van der Waals surface area contributed by atoms with Gasteiger partial charge in [-0.3, -0.25) is 4.72 Å². The van der Waals surface area contributed by atoms with Crippen molar-refractivity contribution in [1.82, 2.24) is 9.97 Å². The minimum Gasteiger partial charge on any atom is -0.336 e. The van der Waals surface area contributed by atoms with Crippen LogP contribution in [-0.2, 0) is 10.0 Å². The van der Waals surface area contributed by atoms with Crippen molar-refractivity contribution in [2.45, 2.75) is 0 Å². The van der Waals surface area contributed by atoms with E-state index in [1.165, 1.54) is 6.07 Å². The summed E-state index contributed by atoms with van der Waals surface area (Å²) in [5.41, 5.74) is 0.607. The molecule has 0 amide bonds. The normalized spacial score (nSPS) is 11.2. The highest BCUT2D eigenvalue weighted by Gasteiger charge is 2.11. The minimum atomic E-state index is -3.45. The van der Waals surface area contributed by atoms with Crippen molar-refractivity contribution in [3.63, 3.8) is 0 Å². The molecule has 2 rings (SSSR count). The second kappa shape index (κ2) is 5.59. The molecule has 20 heavy (non-hydrogen) atoms. The molecule has 0 unspecified atom stereocenters. The lowest BCUT2D eigenvalue weighted by Crippen LogP contribution is -2.11. The third kappa shape index (κ3) is 3.78. The molecule has 0 saturated carbocycles. The van der Waals surface area contributed by atoms with E-state index in [1.807, 2.05) is 0 Å². The highest BCUT2D eigenvalue weighted by Crippen LogP contribution is 2.26. The SMILES string of the molecule is CS(=O)(=O)Nc1ccccc1Nc1nc(Cl)ncc1F. The van der Waals surface area contributed by atoms with Gasteiger partial charge in [-0.05, 0) is 23.7 Å². The van der Waals surface area contributed by atoms with Crippen molar-refractivity contribution in [3.8, 4) is 0 Å². The molecule has 1 aromatic heterocycles. The van der Waals surface area contributed by atoms with Gasteiger partial charge in [-0.25, -0.2) is 17.8 Å². The number of benzene rings is 1. The maximum atomic E-state index is 13.5. The largest absolute Gasteiger partial charge is 0.336 e. The van der Waals surface area contributed by atoms with Crippen LogP contribution in [0.4, 0.5) is 21.6 Å². The molecule has 0 saturated heterocycles. The van der Waals surface area contributed by atoms with Crippen LogP contribution in [0.3, 0.4) is 0 Å². The molecule has 0 aliphatic carbocycles. The Hall–Kier alpha value is -1.93. The number of nitrogens with zero attached hydrogens (tertiary/aromatic N) is 2. The summed E-state index contributed by atoms with van der Waals surface area (Å²) in [7, 11) is -3.45. The standard InChI is InChI=1S/C11H10ClFN4O2S/c1-20(18,19)17-9-5-3-2-4-8(9)15-10-7(13)6-14-11(12)16-10/h2-6,17H,1H3,(H,14,15,16). The van der Waals surface area contributed by atoms with E-state index in [1.54, 1.807) is 18.2 Å². The van der Waals surface area contributed by atoms with Crippen LogP contribution in [0, 0.1) is 5.82 Å². The fourth-order valence-electron chi connectivity index (χ4n) is 1.44. The van der Waals surface area contributed by atoms with Gasteiger partial charge in [-0.1, -0.05) is 12.1 Å². The Morgan fingerprint density at radius 3 is 2.55 bits per heavy atom. The van der Waals surface area contributed by atoms with Gasteiger partial charge in [0, 0.05) is 0 Å². The summed E-state index contributed by atoms with van der Waals surface area (Å²) in [6.07, 6.45) is 1.94. The monoisotopic (exact) mass is 316 g/mol. The highest BCUT2D eigenvalue weighted by molar-refractivity contribution is 7.92. The Morgan fingerprint density at radius 2 is 1.90 bits per heavy atom. The van der Waals surface area contributed by atoms with Gasteiger partial charge in [0.25, 0.3) is 0 Å². The average Bonchev–Trinajstić information content (AvgIpc) is 2.34. The number of rotatable bonds is 4. The van der Waals surface area contributed by atoms with E-state index in [0.717, 1.165) is 12.5 Å². The summed E-state index contributed by atoms with van der Waals surface area (Å²) in [5.74, 6) is -0.851. The number of sulfonamides is 1. The first-order valence-corrected chi connectivity index (χ1v) is 7.64. The van der Waals surface area contributed by atoms with Gasteiger partial charge in [-0.2, -0.15) is 4.98 Å². The molecule has 0 bridgehead atoms. The van der Waals surface area contributed by atoms with Crippen LogP contribution in [0.25, 0.3) is 0 Å². The van der Waals surface area contributed by atoms with E-state index < -0.39 is 15.8 Å². The Morgan fingerprint density at radius 1 is 1.25 bits per heavy atom. The van der Waals surface area contributed by atoms with Gasteiger partial charge >= 0.3 is 0 Å². The number of hydrogen-bond donors (Lipinski definition) is 2. The molecular formula is C11H10ClFN4O2S. The van der Waals surface area contributed by atoms with E-state index in [-0.39, 0.29) is 16.8 Å². The number of para-hydroxylation sites is 2. The summed E-state index contributed by atoms with van der Waals surface area (Å²) in [6, 6.07) is 6.41. The molecule has 0 radical (unpaired) electrons. The Balaban J connectivity index is 2.36. The van der Waals surface area contributed by atoms with E-state index in [9.17, 15) is 12.8 Å². The molecule has 106 valence electrons. The van der Waals surface area contributed by atoms with E-state index in [4.69, 9.17) is 11.6 Å². The molecule has 9 heteroatoms. The van der Waals surface area contributed by atoms with Crippen molar-refractivity contribution in [1.29, 1.82) is 0 Å². The summed E-state index contributed by atoms with van der Waals surface area (Å²) < 4.78 is 38.4. The van der Waals surface area contributed by atoms with Crippen molar-refractivity contribution >= 4 is 38.8 Å². The van der Waals surface area contributed by atoms with E-state index in [0.29, 0.717) is 5.69 Å². The van der Waals surface area contributed by atoms with Crippen LogP contribution in [0.2, 0.25) is 5.28 Å². The average molecular weight is 317 g/mol. The Labute approximate surface area is 120 Å². The smallest absolute Gasteiger partial charge is 0.229 e. The molecule has 0 aliphatic heterocycles. The number of hydrogen-bond acceptors (Lipinski definition) is 5. The molecule has 0 atom stereocenters. The first-order valence-electron chi connectivity index (χ1n) is 5.37. The van der Waals surface area contributed by atoms with Crippen LogP contribution in [-0.4, -0.2) is 24.6 Å². The van der Waals surface area contributed by atoms with Gasteiger partial charge in [0.1, 0.15) is 0 Å². The lowest BCUT2D eigenvalue weighted by Gasteiger charge is -2.12. The Bertz CT molecular complexity index is 739. The second-order valence-electron chi connectivity index (χ2n) is 3.88. The third-order valence-corrected chi connectivity index (χ3v) is 2.96. The molecular weight excluding hydrogens is 307 g/mol. The predicted octanol–water partition coefficient (Wildman–Crippen LogP) is 2.38. The van der Waals surface area contributed by atoms with Gasteiger partial charge < -0.3 is 5.32 Å². The van der Waals surface area contributed by atoms with Gasteiger partial charge in [0.05, 0.1) is 23.8 Å². The summed E-state index contributed by atoms with van der Waals surface area (Å²) >= 11 is 5.59. The van der Waals surface area contributed by atoms with Crippen molar-refractivity contribution in [2.24, 2.45) is 0 Å². The quantitative estimate of drug-likeness (QED) is 0.846. The fraction of sp³-hybridized carbons (Fsp3) is 0.0909. The summed E-state index contributed by atoms with van der Waals surface area (Å²) in [5, 5.41) is 2.54. The zero-order valence-corrected chi connectivity index (χ0v) is 11.8. The molecule has 1 heterocycles. The van der Waals surface area contributed by atoms with Gasteiger partial charge in [-0.15, -0.1) is 0 Å². The Kier molecular flexibility index (Phi) is 4.05. The first-order chi connectivity index (χ1) is 9.35. The molecule has 1 aromatic carbocycles. The molecule has 2 aromatic rings. The van der Waals surface area contributed by atoms with Crippen LogP contribution >= 0.6 is 11.6 Å². The number of aromatic nitrogens is 2. The summed E-state index contributed by atoms with van der Waals surface area (Å²) in [6.45, 7) is 0.